The van der Waals surface area contributed by atoms with Crippen LogP contribution in [0.5, 0.6) is 0 Å². The van der Waals surface area contributed by atoms with Gasteiger partial charge in [0.15, 0.2) is 5.76 Å². The number of benzene rings is 1. The highest BCUT2D eigenvalue weighted by Gasteiger charge is 2.14. The molecular formula is C17H20Cl2N2O2. The number of amides is 1. The van der Waals surface area contributed by atoms with Gasteiger partial charge in [-0.25, -0.2) is 0 Å². The number of likely N-dealkylation sites (N-methyl/N-ethyl adjacent to an activating group) is 1. The van der Waals surface area contributed by atoms with Crippen molar-refractivity contribution >= 4 is 29.1 Å². The molecule has 124 valence electrons. The summed E-state index contributed by atoms with van der Waals surface area (Å²) in [6.45, 7) is 7.51. The first-order valence-electron chi connectivity index (χ1n) is 7.61. The van der Waals surface area contributed by atoms with Crippen molar-refractivity contribution in [2.24, 2.45) is 0 Å². The van der Waals surface area contributed by atoms with Crippen molar-refractivity contribution in [1.29, 1.82) is 0 Å². The number of nitrogens with one attached hydrogen (secondary N) is 1. The van der Waals surface area contributed by atoms with Gasteiger partial charge < -0.3 is 14.6 Å². The molecule has 0 saturated carbocycles. The number of halogens is 2. The highest BCUT2D eigenvalue weighted by Crippen LogP contribution is 2.31. The topological polar surface area (TPSA) is 45.5 Å². The summed E-state index contributed by atoms with van der Waals surface area (Å²) in [5, 5.41) is 3.94. The third-order valence-electron chi connectivity index (χ3n) is 3.63. The van der Waals surface area contributed by atoms with Crippen molar-refractivity contribution < 1.29 is 9.21 Å². The minimum absolute atomic E-state index is 0.235. The van der Waals surface area contributed by atoms with Gasteiger partial charge in [0, 0.05) is 23.7 Å². The fourth-order valence-corrected chi connectivity index (χ4v) is 2.63. The number of furan rings is 1. The second-order valence-electron chi connectivity index (χ2n) is 5.07. The summed E-state index contributed by atoms with van der Waals surface area (Å²) in [7, 11) is 0. The van der Waals surface area contributed by atoms with Crippen molar-refractivity contribution in [3.05, 3.63) is 46.1 Å². The normalized spacial score (nSPS) is 11.0. The van der Waals surface area contributed by atoms with Crippen LogP contribution in [-0.2, 0) is 0 Å². The summed E-state index contributed by atoms with van der Waals surface area (Å²) < 4.78 is 5.61. The number of carbonyl (C=O) groups is 1. The van der Waals surface area contributed by atoms with Gasteiger partial charge in [-0.1, -0.05) is 37.0 Å². The zero-order chi connectivity index (χ0) is 16.8. The van der Waals surface area contributed by atoms with Crippen molar-refractivity contribution in [2.45, 2.75) is 13.8 Å². The molecule has 1 aromatic carbocycles. The molecule has 2 rings (SSSR count). The average molecular weight is 355 g/mol. The third-order valence-corrected chi connectivity index (χ3v) is 4.20. The Labute approximate surface area is 146 Å². The van der Waals surface area contributed by atoms with Gasteiger partial charge in [0.05, 0.1) is 5.02 Å². The van der Waals surface area contributed by atoms with Crippen LogP contribution in [0.4, 0.5) is 0 Å². The van der Waals surface area contributed by atoms with Gasteiger partial charge in [0.25, 0.3) is 5.91 Å². The van der Waals surface area contributed by atoms with E-state index >= 15 is 0 Å². The van der Waals surface area contributed by atoms with E-state index in [1.54, 1.807) is 30.3 Å². The lowest BCUT2D eigenvalue weighted by molar-refractivity contribution is 0.0922. The van der Waals surface area contributed by atoms with Crippen LogP contribution < -0.4 is 5.32 Å². The molecule has 1 N–H and O–H groups in total. The van der Waals surface area contributed by atoms with Crippen LogP contribution in [0.3, 0.4) is 0 Å². The molecule has 23 heavy (non-hydrogen) atoms. The van der Waals surface area contributed by atoms with E-state index in [2.05, 4.69) is 24.1 Å². The van der Waals surface area contributed by atoms with Gasteiger partial charge in [-0.3, -0.25) is 4.79 Å². The maximum absolute atomic E-state index is 12.1. The number of rotatable bonds is 7. The quantitative estimate of drug-likeness (QED) is 0.804. The Morgan fingerprint density at radius 1 is 1.17 bits per heavy atom. The number of hydrogen-bond donors (Lipinski definition) is 1. The van der Waals surface area contributed by atoms with Crippen LogP contribution in [0.1, 0.15) is 24.4 Å². The zero-order valence-corrected chi connectivity index (χ0v) is 14.7. The summed E-state index contributed by atoms with van der Waals surface area (Å²) in [5.41, 5.74) is 0.668. The highest BCUT2D eigenvalue weighted by molar-refractivity contribution is 6.35. The largest absolute Gasteiger partial charge is 0.451 e. The van der Waals surface area contributed by atoms with Gasteiger partial charge in [0.2, 0.25) is 0 Å². The minimum atomic E-state index is -0.235. The second kappa shape index (κ2) is 8.39. The van der Waals surface area contributed by atoms with E-state index in [1.165, 1.54) is 0 Å². The molecule has 0 aliphatic carbocycles. The molecule has 1 heterocycles. The zero-order valence-electron chi connectivity index (χ0n) is 13.2. The summed E-state index contributed by atoms with van der Waals surface area (Å²) in [6, 6.07) is 8.48. The maximum atomic E-state index is 12.1. The Kier molecular flexibility index (Phi) is 6.51. The Balaban J connectivity index is 2.01. The van der Waals surface area contributed by atoms with Crippen LogP contribution >= 0.6 is 23.2 Å². The molecule has 2 aromatic rings. The minimum Gasteiger partial charge on any atom is -0.451 e. The van der Waals surface area contributed by atoms with Crippen molar-refractivity contribution in [3.63, 3.8) is 0 Å². The van der Waals surface area contributed by atoms with E-state index in [1.807, 2.05) is 0 Å². The lowest BCUT2D eigenvalue weighted by Crippen LogP contribution is -2.34. The summed E-state index contributed by atoms with van der Waals surface area (Å²) in [4.78, 5) is 14.4. The van der Waals surface area contributed by atoms with Gasteiger partial charge in [-0.2, -0.15) is 0 Å². The Morgan fingerprint density at radius 3 is 2.61 bits per heavy atom. The molecule has 0 saturated heterocycles. The summed E-state index contributed by atoms with van der Waals surface area (Å²) >= 11 is 12.1. The SMILES string of the molecule is CCN(CC)CCNC(=O)c1ccc(-c2cc(Cl)ccc2Cl)o1. The van der Waals surface area contributed by atoms with E-state index in [9.17, 15) is 4.79 Å². The van der Waals surface area contributed by atoms with Crippen LogP contribution in [0, 0.1) is 0 Å². The number of carbonyl (C=O) groups excluding carboxylic acids is 1. The molecule has 1 aromatic heterocycles. The van der Waals surface area contributed by atoms with Gasteiger partial charge in [-0.05, 0) is 43.4 Å². The van der Waals surface area contributed by atoms with Crippen molar-refractivity contribution in [1.82, 2.24) is 10.2 Å². The lowest BCUT2D eigenvalue weighted by atomic mass is 10.2. The predicted octanol–water partition coefficient (Wildman–Crippen LogP) is 4.33. The Morgan fingerprint density at radius 2 is 1.91 bits per heavy atom. The van der Waals surface area contributed by atoms with Crippen LogP contribution in [-0.4, -0.2) is 37.0 Å². The number of hydrogen-bond acceptors (Lipinski definition) is 3. The third kappa shape index (κ3) is 4.74. The van der Waals surface area contributed by atoms with Crippen molar-refractivity contribution in [3.8, 4) is 11.3 Å². The Hall–Kier alpha value is -1.49. The molecule has 0 radical (unpaired) electrons. The first kappa shape index (κ1) is 17.9. The van der Waals surface area contributed by atoms with Gasteiger partial charge >= 0.3 is 0 Å². The monoisotopic (exact) mass is 354 g/mol. The van der Waals surface area contributed by atoms with Gasteiger partial charge in [-0.15, -0.1) is 0 Å². The van der Waals surface area contributed by atoms with Crippen molar-refractivity contribution in [2.75, 3.05) is 26.2 Å². The smallest absolute Gasteiger partial charge is 0.287 e. The van der Waals surface area contributed by atoms with E-state index in [-0.39, 0.29) is 11.7 Å². The predicted molar refractivity (Wildman–Crippen MR) is 94.3 cm³/mol. The highest BCUT2D eigenvalue weighted by atomic mass is 35.5. The first-order valence-corrected chi connectivity index (χ1v) is 8.36. The molecule has 6 heteroatoms. The van der Waals surface area contributed by atoms with Crippen LogP contribution in [0.15, 0.2) is 34.7 Å². The van der Waals surface area contributed by atoms with Gasteiger partial charge in [0.1, 0.15) is 5.76 Å². The Bertz CT molecular complexity index is 666. The number of nitrogens with zero attached hydrogens (tertiary/aromatic N) is 1. The van der Waals surface area contributed by atoms with E-state index in [4.69, 9.17) is 27.6 Å². The standard InChI is InChI=1S/C17H20Cl2N2O2/c1-3-21(4-2)10-9-20-17(22)16-8-7-15(23-16)13-11-12(18)5-6-14(13)19/h5-8,11H,3-4,9-10H2,1-2H3,(H,20,22). The molecule has 0 spiro atoms. The molecule has 1 amide bonds. The fourth-order valence-electron chi connectivity index (χ4n) is 2.25. The molecular weight excluding hydrogens is 335 g/mol. The molecule has 0 atom stereocenters. The van der Waals surface area contributed by atoms with Crippen LogP contribution in [0.25, 0.3) is 11.3 Å². The van der Waals surface area contributed by atoms with E-state index < -0.39 is 0 Å². The van der Waals surface area contributed by atoms with E-state index in [0.717, 1.165) is 19.6 Å². The van der Waals surface area contributed by atoms with E-state index in [0.29, 0.717) is 27.9 Å². The lowest BCUT2D eigenvalue weighted by Gasteiger charge is -2.17. The first-order chi connectivity index (χ1) is 11.0. The molecule has 0 unspecified atom stereocenters. The molecule has 4 nitrogen and oxygen atoms in total. The average Bonchev–Trinajstić information content (AvgIpc) is 3.03. The summed E-state index contributed by atoms with van der Waals surface area (Å²) in [6.07, 6.45) is 0. The molecule has 0 aliphatic heterocycles. The second-order valence-corrected chi connectivity index (χ2v) is 5.91. The maximum Gasteiger partial charge on any atom is 0.287 e. The van der Waals surface area contributed by atoms with Crippen LogP contribution in [0.2, 0.25) is 10.0 Å². The fraction of sp³-hybridized carbons (Fsp3) is 0.353. The molecule has 0 bridgehead atoms. The summed E-state index contributed by atoms with van der Waals surface area (Å²) in [5.74, 6) is 0.545. The molecule has 0 fully saturated rings. The molecule has 0 aliphatic rings.